The van der Waals surface area contributed by atoms with Gasteiger partial charge in [-0.3, -0.25) is 5.17 Å². The predicted octanol–water partition coefficient (Wildman–Crippen LogP) is -3.15. The molecule has 5 heteroatoms. The molecule has 1 aliphatic rings. The van der Waals surface area contributed by atoms with E-state index in [9.17, 15) is 5.21 Å². The molecule has 1 heterocycles. The Labute approximate surface area is 34.8 Å². The predicted molar refractivity (Wildman–Crippen MR) is 18.6 cm³/mol. The average Bonchev–Trinajstić information content (AvgIpc) is 1.86. The first-order valence-electron chi connectivity index (χ1n) is 1.66. The maximum Gasteiger partial charge on any atom is 0.163 e. The summed E-state index contributed by atoms with van der Waals surface area (Å²) in [6, 6.07) is 0. The summed E-state index contributed by atoms with van der Waals surface area (Å²) in [6.07, 6.45) is 0. The van der Waals surface area contributed by atoms with Crippen LogP contribution in [0.4, 0.5) is 0 Å². The molecular weight excluding hydrogens is 84.0 g/mol. The van der Waals surface area contributed by atoms with Gasteiger partial charge in [0.2, 0.25) is 0 Å². The van der Waals surface area contributed by atoms with E-state index < -0.39 is 0 Å². The second-order valence-corrected chi connectivity index (χ2v) is 1.03. The Kier molecular flexibility index (Phi) is 0.992. The molecule has 36 valence electrons. The van der Waals surface area contributed by atoms with Gasteiger partial charge in [-0.05, 0) is 0 Å². The Morgan fingerprint density at radius 3 is 2.67 bits per heavy atom. The molecule has 0 bridgehead atoms. The van der Waals surface area contributed by atoms with Crippen LogP contribution in [0.5, 0.6) is 0 Å². The Balaban J connectivity index is 2.18. The standard InChI is InChI=1S/CH6N4O/c6-5-1-2-3-4-5/h2-5H,1H2. The van der Waals surface area contributed by atoms with Gasteiger partial charge in [0.25, 0.3) is 0 Å². The van der Waals surface area contributed by atoms with Gasteiger partial charge in [-0.15, -0.1) is 5.53 Å². The molecule has 5 nitrogen and oxygen atoms in total. The van der Waals surface area contributed by atoms with Crippen molar-refractivity contribution in [2.45, 2.75) is 0 Å². The van der Waals surface area contributed by atoms with E-state index in [0.29, 0.717) is 6.67 Å². The van der Waals surface area contributed by atoms with Crippen LogP contribution in [-0.4, -0.2) is 6.67 Å². The van der Waals surface area contributed by atoms with Crippen molar-refractivity contribution in [1.82, 2.24) is 16.5 Å². The van der Waals surface area contributed by atoms with Crippen LogP contribution in [-0.2, 0) is 0 Å². The molecule has 0 aliphatic carbocycles. The zero-order valence-electron chi connectivity index (χ0n) is 3.12. The second kappa shape index (κ2) is 1.50. The van der Waals surface area contributed by atoms with Crippen molar-refractivity contribution >= 4 is 0 Å². The van der Waals surface area contributed by atoms with Gasteiger partial charge < -0.3 is 5.21 Å². The zero-order chi connectivity index (χ0) is 4.41. The molecular formula is CH6N4O. The molecule has 6 heavy (non-hydrogen) atoms. The van der Waals surface area contributed by atoms with E-state index in [0.717, 1.165) is 0 Å². The van der Waals surface area contributed by atoms with Crippen molar-refractivity contribution in [2.24, 2.45) is 0 Å². The van der Waals surface area contributed by atoms with E-state index in [2.05, 4.69) is 16.5 Å². The molecule has 1 saturated heterocycles. The third-order valence-electron chi connectivity index (χ3n) is 0.539. The highest BCUT2D eigenvalue weighted by Gasteiger charge is 1.99. The lowest BCUT2D eigenvalue weighted by molar-refractivity contribution is -0.885. The first kappa shape index (κ1) is 3.97. The monoisotopic (exact) mass is 90.1 g/mol. The van der Waals surface area contributed by atoms with Gasteiger partial charge in [0.15, 0.2) is 6.67 Å². The van der Waals surface area contributed by atoms with Gasteiger partial charge in [0.1, 0.15) is 0 Å². The minimum absolute atomic E-state index is 0.0185. The molecule has 0 aromatic rings. The number of hydrazine groups is 2. The smallest absolute Gasteiger partial charge is 0.163 e. The SMILES string of the molecule is [O-][NH+]1CNNN1. The molecule has 0 radical (unpaired) electrons. The molecule has 1 unspecified atom stereocenters. The Hall–Kier alpha value is -0.200. The maximum atomic E-state index is 10.0. The quantitative estimate of drug-likeness (QED) is 0.237. The Morgan fingerprint density at radius 1 is 1.67 bits per heavy atom. The van der Waals surface area contributed by atoms with Crippen LogP contribution in [0.25, 0.3) is 0 Å². The van der Waals surface area contributed by atoms with Crippen LogP contribution in [0.1, 0.15) is 0 Å². The lowest BCUT2D eigenvalue weighted by Gasteiger charge is -2.08. The third-order valence-corrected chi connectivity index (χ3v) is 0.539. The van der Waals surface area contributed by atoms with Gasteiger partial charge in [-0.25, -0.2) is 0 Å². The molecule has 1 atom stereocenters. The number of hydrogen-bond acceptors (Lipinski definition) is 4. The van der Waals surface area contributed by atoms with Crippen molar-refractivity contribution in [1.29, 1.82) is 0 Å². The van der Waals surface area contributed by atoms with Crippen LogP contribution >= 0.6 is 0 Å². The lowest BCUT2D eigenvalue weighted by Crippen LogP contribution is -3.12. The van der Waals surface area contributed by atoms with E-state index in [1.165, 1.54) is 0 Å². The molecule has 1 aliphatic heterocycles. The maximum absolute atomic E-state index is 10.0. The van der Waals surface area contributed by atoms with Crippen molar-refractivity contribution in [2.75, 3.05) is 6.67 Å². The van der Waals surface area contributed by atoms with Crippen LogP contribution < -0.4 is 21.7 Å². The summed E-state index contributed by atoms with van der Waals surface area (Å²) in [5.74, 6) is 0. The largest absolute Gasteiger partial charge is 0.611 e. The molecule has 1 fully saturated rings. The van der Waals surface area contributed by atoms with Crippen LogP contribution in [0.2, 0.25) is 0 Å². The Bertz CT molecular complexity index is 40.8. The molecule has 1 rings (SSSR count). The number of quaternary nitrogens is 1. The fourth-order valence-corrected chi connectivity index (χ4v) is 0.283. The lowest BCUT2D eigenvalue weighted by atomic mass is 11.2. The van der Waals surface area contributed by atoms with Crippen LogP contribution in [0.15, 0.2) is 0 Å². The van der Waals surface area contributed by atoms with Crippen molar-refractivity contribution in [3.8, 4) is 0 Å². The number of hydroxylamine groups is 1. The summed E-state index contributed by atoms with van der Waals surface area (Å²) in [4.78, 5) is 0. The fourth-order valence-electron chi connectivity index (χ4n) is 0.283. The van der Waals surface area contributed by atoms with Crippen molar-refractivity contribution in [3.63, 3.8) is 0 Å². The number of rotatable bonds is 0. The summed E-state index contributed by atoms with van der Waals surface area (Å²) in [7, 11) is 0. The van der Waals surface area contributed by atoms with E-state index >= 15 is 0 Å². The van der Waals surface area contributed by atoms with Gasteiger partial charge in [0, 0.05) is 0 Å². The Morgan fingerprint density at radius 2 is 2.50 bits per heavy atom. The first-order valence-corrected chi connectivity index (χ1v) is 1.66. The molecule has 0 aromatic heterocycles. The highest BCUT2D eigenvalue weighted by atomic mass is 16.6. The molecule has 4 N–H and O–H groups in total. The summed E-state index contributed by atoms with van der Waals surface area (Å²) in [6.45, 7) is 0.375. The van der Waals surface area contributed by atoms with Gasteiger partial charge in [0.05, 0.1) is 0 Å². The van der Waals surface area contributed by atoms with Crippen LogP contribution in [0, 0.1) is 5.21 Å². The number of hydrogen-bond donors (Lipinski definition) is 4. The first-order chi connectivity index (χ1) is 2.89. The molecule has 0 amide bonds. The van der Waals surface area contributed by atoms with E-state index in [-0.39, 0.29) is 5.17 Å². The summed E-state index contributed by atoms with van der Waals surface area (Å²) < 4.78 is 0. The zero-order valence-corrected chi connectivity index (χ0v) is 3.12. The fraction of sp³-hybridized carbons (Fsp3) is 1.00. The van der Waals surface area contributed by atoms with Crippen molar-refractivity contribution in [3.05, 3.63) is 5.21 Å². The third kappa shape index (κ3) is 0.644. The van der Waals surface area contributed by atoms with E-state index in [4.69, 9.17) is 0 Å². The second-order valence-electron chi connectivity index (χ2n) is 1.03. The van der Waals surface area contributed by atoms with Crippen LogP contribution in [0.3, 0.4) is 0 Å². The average molecular weight is 90.1 g/mol. The topological polar surface area (TPSA) is 63.6 Å². The number of nitrogens with one attached hydrogen (secondary N) is 4. The molecule has 0 spiro atoms. The minimum Gasteiger partial charge on any atom is -0.611 e. The van der Waals surface area contributed by atoms with Gasteiger partial charge >= 0.3 is 0 Å². The molecule has 0 aromatic carbocycles. The van der Waals surface area contributed by atoms with Crippen molar-refractivity contribution < 1.29 is 5.17 Å². The van der Waals surface area contributed by atoms with E-state index in [1.807, 2.05) is 0 Å². The summed E-state index contributed by atoms with van der Waals surface area (Å²) in [5, 5.41) is 9.99. The normalized spacial score (nSPS) is 34.5. The molecule has 0 saturated carbocycles. The minimum atomic E-state index is -0.0185. The van der Waals surface area contributed by atoms with Gasteiger partial charge in [-0.1, -0.05) is 5.53 Å². The highest BCUT2D eigenvalue weighted by molar-refractivity contribution is 4.19. The highest BCUT2D eigenvalue weighted by Crippen LogP contribution is 1.34. The van der Waals surface area contributed by atoms with Gasteiger partial charge in [-0.2, -0.15) is 5.43 Å². The summed E-state index contributed by atoms with van der Waals surface area (Å²) >= 11 is 0. The summed E-state index contributed by atoms with van der Waals surface area (Å²) in [5.41, 5.74) is 7.30. The van der Waals surface area contributed by atoms with E-state index in [1.54, 1.807) is 0 Å².